The minimum atomic E-state index is -0.603. The summed E-state index contributed by atoms with van der Waals surface area (Å²) in [7, 11) is 0. The van der Waals surface area contributed by atoms with Crippen LogP contribution in [0.5, 0.6) is 0 Å². The van der Waals surface area contributed by atoms with E-state index in [4.69, 9.17) is 14.2 Å². The van der Waals surface area contributed by atoms with Crippen LogP contribution in [-0.4, -0.2) is 31.4 Å². The third kappa shape index (κ3) is 3.40. The molecule has 5 fully saturated rings. The molecule has 5 heteroatoms. The molecule has 6 bridgehead atoms. The molecular formula is C23H32O5. The van der Waals surface area contributed by atoms with Gasteiger partial charge in [0.2, 0.25) is 0 Å². The zero-order valence-corrected chi connectivity index (χ0v) is 16.8. The van der Waals surface area contributed by atoms with Crippen molar-refractivity contribution in [2.75, 3.05) is 13.2 Å². The molecule has 6 rings (SSSR count). The van der Waals surface area contributed by atoms with Crippen LogP contribution in [0, 0.1) is 40.9 Å². The number of fused-ring (bicyclic) bond motifs is 2. The van der Waals surface area contributed by atoms with Crippen molar-refractivity contribution in [3.05, 3.63) is 12.2 Å². The third-order valence-corrected chi connectivity index (χ3v) is 8.00. The minimum Gasteiger partial charge on any atom is -0.463 e. The molecule has 0 spiro atoms. The van der Waals surface area contributed by atoms with Gasteiger partial charge in [0.1, 0.15) is 6.61 Å². The number of carbonyl (C=O) groups is 2. The number of carbonyl (C=O) groups excluding carboxylic acids is 2. The maximum atomic E-state index is 12.8. The average molecular weight is 389 g/mol. The van der Waals surface area contributed by atoms with Gasteiger partial charge in [-0.2, -0.15) is 0 Å². The normalized spacial score (nSPS) is 43.3. The highest BCUT2D eigenvalue weighted by Gasteiger charge is 2.55. The summed E-state index contributed by atoms with van der Waals surface area (Å²) in [6.07, 6.45) is 12.7. The van der Waals surface area contributed by atoms with Crippen molar-refractivity contribution in [2.24, 2.45) is 40.9 Å². The fourth-order valence-corrected chi connectivity index (χ4v) is 7.20. The van der Waals surface area contributed by atoms with Crippen LogP contribution in [0.2, 0.25) is 0 Å². The summed E-state index contributed by atoms with van der Waals surface area (Å²) >= 11 is 0. The van der Waals surface area contributed by atoms with E-state index in [0.717, 1.165) is 49.9 Å². The Labute approximate surface area is 167 Å². The Morgan fingerprint density at radius 3 is 2.21 bits per heavy atom. The van der Waals surface area contributed by atoms with Gasteiger partial charge in [-0.15, -0.1) is 0 Å². The van der Waals surface area contributed by atoms with Crippen LogP contribution < -0.4 is 0 Å². The standard InChI is InChI=1S/C23H32O5/c1-14(28-21(24)20-10-15-2-3-19(20)9-15)26-4-5-27-22(25)23-11-16-6-17(12-23)8-18(7-16)13-23/h2-3,14-20H,4-13H2,1H3. The zero-order valence-electron chi connectivity index (χ0n) is 16.8. The SMILES string of the molecule is CC(OCCOC(=O)C12CC3CC(CC(C3)C1)C2)OC(=O)C1CC2C=CC1C2. The predicted molar refractivity (Wildman–Crippen MR) is 102 cm³/mol. The van der Waals surface area contributed by atoms with E-state index in [1.807, 2.05) is 0 Å². The Balaban J connectivity index is 1.03. The van der Waals surface area contributed by atoms with E-state index < -0.39 is 6.29 Å². The minimum absolute atomic E-state index is 0.0186. The number of allylic oxidation sites excluding steroid dienone is 2. The average Bonchev–Trinajstić information content (AvgIpc) is 3.27. The van der Waals surface area contributed by atoms with Crippen molar-refractivity contribution in [2.45, 2.75) is 64.6 Å². The molecule has 0 aliphatic heterocycles. The van der Waals surface area contributed by atoms with Crippen molar-refractivity contribution in [3.8, 4) is 0 Å². The second kappa shape index (κ2) is 7.16. The van der Waals surface area contributed by atoms with Crippen molar-refractivity contribution in [1.82, 2.24) is 0 Å². The van der Waals surface area contributed by atoms with E-state index in [0.29, 0.717) is 11.8 Å². The zero-order chi connectivity index (χ0) is 19.3. The number of esters is 2. The fraction of sp³-hybridized carbons (Fsp3) is 0.826. The van der Waals surface area contributed by atoms with Crippen LogP contribution in [-0.2, 0) is 23.8 Å². The smallest absolute Gasteiger partial charge is 0.312 e. The molecule has 6 aliphatic carbocycles. The van der Waals surface area contributed by atoms with Crippen LogP contribution in [0.25, 0.3) is 0 Å². The van der Waals surface area contributed by atoms with Gasteiger partial charge in [0.15, 0.2) is 6.29 Å². The lowest BCUT2D eigenvalue weighted by molar-refractivity contribution is -0.188. The first-order valence-electron chi connectivity index (χ1n) is 11.2. The van der Waals surface area contributed by atoms with Crippen LogP contribution in [0.3, 0.4) is 0 Å². The van der Waals surface area contributed by atoms with Crippen LogP contribution in [0.15, 0.2) is 12.2 Å². The molecule has 6 aliphatic rings. The summed E-state index contributed by atoms with van der Waals surface area (Å²) in [5.41, 5.74) is -0.220. The van der Waals surface area contributed by atoms with Crippen molar-refractivity contribution >= 4 is 11.9 Å². The van der Waals surface area contributed by atoms with Crippen LogP contribution in [0.1, 0.15) is 58.3 Å². The van der Waals surface area contributed by atoms with Gasteiger partial charge in [-0.25, -0.2) is 0 Å². The predicted octanol–water partition coefficient (Wildman–Crippen LogP) is 3.86. The van der Waals surface area contributed by atoms with Gasteiger partial charge in [-0.3, -0.25) is 9.59 Å². The van der Waals surface area contributed by atoms with Crippen LogP contribution in [0.4, 0.5) is 0 Å². The first kappa shape index (κ1) is 18.7. The highest BCUT2D eigenvalue weighted by molar-refractivity contribution is 5.77. The molecule has 0 aromatic rings. The molecule has 0 radical (unpaired) electrons. The molecular weight excluding hydrogens is 356 g/mol. The Bertz CT molecular complexity index is 633. The maximum Gasteiger partial charge on any atom is 0.312 e. The highest BCUT2D eigenvalue weighted by Crippen LogP contribution is 2.60. The first-order chi connectivity index (χ1) is 13.5. The van der Waals surface area contributed by atoms with Crippen molar-refractivity contribution < 1.29 is 23.8 Å². The molecule has 5 nitrogen and oxygen atoms in total. The molecule has 154 valence electrons. The third-order valence-electron chi connectivity index (χ3n) is 8.00. The number of ether oxygens (including phenoxy) is 3. The van der Waals surface area contributed by atoms with Gasteiger partial charge in [0.25, 0.3) is 0 Å². The summed E-state index contributed by atoms with van der Waals surface area (Å²) in [6.45, 7) is 2.24. The number of rotatable bonds is 7. The van der Waals surface area contributed by atoms with Crippen LogP contribution >= 0.6 is 0 Å². The second-order valence-corrected chi connectivity index (χ2v) is 10.1. The molecule has 0 amide bonds. The molecule has 0 aromatic carbocycles. The topological polar surface area (TPSA) is 61.8 Å². The summed E-state index contributed by atoms with van der Waals surface area (Å²) < 4.78 is 16.7. The van der Waals surface area contributed by atoms with E-state index in [1.165, 1.54) is 19.3 Å². The van der Waals surface area contributed by atoms with Crippen molar-refractivity contribution in [3.63, 3.8) is 0 Å². The van der Waals surface area contributed by atoms with Gasteiger partial charge < -0.3 is 14.2 Å². The summed E-state index contributed by atoms with van der Waals surface area (Å²) in [5.74, 6) is 2.88. The summed E-state index contributed by atoms with van der Waals surface area (Å²) in [5, 5.41) is 0. The molecule has 28 heavy (non-hydrogen) atoms. The molecule has 0 aromatic heterocycles. The lowest BCUT2D eigenvalue weighted by atomic mass is 9.49. The van der Waals surface area contributed by atoms with E-state index >= 15 is 0 Å². The lowest BCUT2D eigenvalue weighted by Gasteiger charge is -2.55. The van der Waals surface area contributed by atoms with E-state index in [9.17, 15) is 9.59 Å². The molecule has 0 N–H and O–H groups in total. The molecule has 0 saturated heterocycles. The fourth-order valence-electron chi connectivity index (χ4n) is 7.20. The molecule has 4 atom stereocenters. The number of hydrogen-bond acceptors (Lipinski definition) is 5. The Hall–Kier alpha value is -1.36. The number of hydrogen-bond donors (Lipinski definition) is 0. The first-order valence-corrected chi connectivity index (χ1v) is 11.2. The monoisotopic (exact) mass is 388 g/mol. The van der Waals surface area contributed by atoms with Gasteiger partial charge in [-0.1, -0.05) is 12.2 Å². The van der Waals surface area contributed by atoms with Gasteiger partial charge in [-0.05, 0) is 87.9 Å². The Kier molecular flexibility index (Phi) is 4.77. The maximum absolute atomic E-state index is 12.8. The van der Waals surface area contributed by atoms with Crippen molar-refractivity contribution in [1.29, 1.82) is 0 Å². The summed E-state index contributed by atoms with van der Waals surface area (Å²) in [6, 6.07) is 0. The molecule has 0 heterocycles. The van der Waals surface area contributed by atoms with Gasteiger partial charge in [0.05, 0.1) is 17.9 Å². The Morgan fingerprint density at radius 1 is 0.964 bits per heavy atom. The van der Waals surface area contributed by atoms with E-state index in [1.54, 1.807) is 6.92 Å². The van der Waals surface area contributed by atoms with Gasteiger partial charge in [0, 0.05) is 0 Å². The lowest BCUT2D eigenvalue weighted by Crippen LogP contribution is -2.50. The Morgan fingerprint density at radius 2 is 1.64 bits per heavy atom. The second-order valence-electron chi connectivity index (χ2n) is 10.1. The van der Waals surface area contributed by atoms with E-state index in [-0.39, 0.29) is 36.5 Å². The highest BCUT2D eigenvalue weighted by atomic mass is 16.7. The van der Waals surface area contributed by atoms with Gasteiger partial charge >= 0.3 is 11.9 Å². The largest absolute Gasteiger partial charge is 0.463 e. The van der Waals surface area contributed by atoms with E-state index in [2.05, 4.69) is 12.2 Å². The quantitative estimate of drug-likeness (QED) is 0.287. The molecule has 5 saturated carbocycles. The summed E-state index contributed by atoms with van der Waals surface area (Å²) in [4.78, 5) is 25.1. The molecule has 4 unspecified atom stereocenters.